The number of anilines is 2. The van der Waals surface area contributed by atoms with Crippen molar-refractivity contribution in [1.29, 1.82) is 0 Å². The molecule has 0 radical (unpaired) electrons. The number of ether oxygens (including phenoxy) is 1. The second-order valence-corrected chi connectivity index (χ2v) is 10.0. The van der Waals surface area contributed by atoms with Crippen LogP contribution in [-0.4, -0.2) is 42.9 Å². The van der Waals surface area contributed by atoms with Gasteiger partial charge in [-0.05, 0) is 31.5 Å². The number of rotatable bonds is 6. The van der Waals surface area contributed by atoms with Crippen LogP contribution in [0.25, 0.3) is 10.9 Å². The lowest BCUT2D eigenvalue weighted by Crippen LogP contribution is -2.23. The first kappa shape index (κ1) is 21.3. The average Bonchev–Trinajstić information content (AvgIpc) is 2.68. The number of hydrogen-bond donors (Lipinski definition) is 2. The summed E-state index contributed by atoms with van der Waals surface area (Å²) in [5, 5.41) is 12.5. The minimum Gasteiger partial charge on any atom is -0.479 e. The predicted octanol–water partition coefficient (Wildman–Crippen LogP) is 4.52. The number of nitrogens with one attached hydrogen (secondary N) is 1. The molecule has 2 N–H and O–H groups in total. The fourth-order valence-corrected chi connectivity index (χ4v) is 4.63. The van der Waals surface area contributed by atoms with Gasteiger partial charge in [0, 0.05) is 28.7 Å². The maximum atomic E-state index is 15.0. The van der Waals surface area contributed by atoms with Crippen LogP contribution < -0.4 is 10.1 Å². The predicted molar refractivity (Wildman–Crippen MR) is 117 cm³/mol. The van der Waals surface area contributed by atoms with Gasteiger partial charge in [-0.2, -0.15) is 4.36 Å². The summed E-state index contributed by atoms with van der Waals surface area (Å²) in [4.78, 5) is 19.4. The Bertz CT molecular complexity index is 1300. The molecule has 1 aliphatic rings. The minimum absolute atomic E-state index is 0.109. The van der Waals surface area contributed by atoms with Crippen molar-refractivity contribution in [3.63, 3.8) is 0 Å². The quantitative estimate of drug-likeness (QED) is 0.551. The molecule has 1 aromatic heterocycles. The lowest BCUT2D eigenvalue weighted by Gasteiger charge is -2.18. The molecular formula is C20H18ClFN4O4S. The largest absolute Gasteiger partial charge is 0.479 e. The van der Waals surface area contributed by atoms with E-state index in [0.29, 0.717) is 22.2 Å². The van der Waals surface area contributed by atoms with Crippen molar-refractivity contribution in [2.45, 2.75) is 19.4 Å². The Labute approximate surface area is 182 Å². The van der Waals surface area contributed by atoms with Gasteiger partial charge in [0.25, 0.3) is 0 Å². The maximum absolute atomic E-state index is 15.0. The summed E-state index contributed by atoms with van der Waals surface area (Å²) >= 11 is 6.02. The van der Waals surface area contributed by atoms with Gasteiger partial charge in [0.1, 0.15) is 23.7 Å². The van der Waals surface area contributed by atoms with Crippen LogP contribution >= 0.6 is 11.6 Å². The van der Waals surface area contributed by atoms with Gasteiger partial charge in [-0.1, -0.05) is 11.6 Å². The van der Waals surface area contributed by atoms with E-state index >= 15 is 0 Å². The van der Waals surface area contributed by atoms with Gasteiger partial charge < -0.3 is 15.2 Å². The van der Waals surface area contributed by atoms with Gasteiger partial charge in [0.05, 0.1) is 32.0 Å². The number of fused-ring (bicyclic) bond motifs is 1. The van der Waals surface area contributed by atoms with E-state index in [-0.39, 0.29) is 28.2 Å². The molecule has 2 aromatic carbocycles. The average molecular weight is 465 g/mol. The summed E-state index contributed by atoms with van der Waals surface area (Å²) in [7, 11) is -2.29. The molecule has 31 heavy (non-hydrogen) atoms. The lowest BCUT2D eigenvalue weighted by atomic mass is 10.2. The first-order valence-corrected chi connectivity index (χ1v) is 11.6. The van der Waals surface area contributed by atoms with Crippen molar-refractivity contribution in [3.8, 4) is 5.75 Å². The Kier molecular flexibility index (Phi) is 5.67. The molecule has 0 amide bonds. The number of aliphatic carboxylic acids is 1. The number of nitrogens with zero attached hydrogens (tertiary/aromatic N) is 3. The highest BCUT2D eigenvalue weighted by Crippen LogP contribution is 2.35. The van der Waals surface area contributed by atoms with Crippen molar-refractivity contribution >= 4 is 55.4 Å². The Morgan fingerprint density at radius 2 is 2.10 bits per heavy atom. The number of halogens is 2. The first-order chi connectivity index (χ1) is 14.7. The third-order valence-corrected chi connectivity index (χ3v) is 7.35. The molecule has 2 heterocycles. The van der Waals surface area contributed by atoms with Crippen LogP contribution in [0.15, 0.2) is 41.0 Å². The molecule has 3 aromatic rings. The van der Waals surface area contributed by atoms with E-state index in [1.807, 2.05) is 0 Å². The SMILES string of the molecule is C[C@@H](Oc1cc(Cl)ccc1Nc1ncnc2cc(N=S3(=O)CCC3)cc(F)c12)C(=O)O. The minimum atomic E-state index is -2.29. The number of carboxylic acid groups (broad SMARTS) is 1. The zero-order chi connectivity index (χ0) is 22.2. The molecule has 162 valence electrons. The molecule has 0 bridgehead atoms. The van der Waals surface area contributed by atoms with Crippen molar-refractivity contribution in [3.05, 3.63) is 47.5 Å². The summed E-state index contributed by atoms with van der Waals surface area (Å²) in [5.41, 5.74) is 0.905. The van der Waals surface area contributed by atoms with Crippen LogP contribution in [0.4, 0.5) is 21.6 Å². The molecule has 0 saturated carbocycles. The smallest absolute Gasteiger partial charge is 0.344 e. The summed E-state index contributed by atoms with van der Waals surface area (Å²) < 4.78 is 37.0. The third kappa shape index (κ3) is 4.54. The molecule has 1 fully saturated rings. The first-order valence-electron chi connectivity index (χ1n) is 9.37. The highest BCUT2D eigenvalue weighted by Gasteiger charge is 2.21. The van der Waals surface area contributed by atoms with Gasteiger partial charge in [-0.25, -0.2) is 23.4 Å². The fraction of sp³-hybridized carbons (Fsp3) is 0.250. The topological polar surface area (TPSA) is 114 Å². The Balaban J connectivity index is 1.74. The van der Waals surface area contributed by atoms with Crippen molar-refractivity contribution < 1.29 is 23.2 Å². The van der Waals surface area contributed by atoms with E-state index in [0.717, 1.165) is 6.42 Å². The molecule has 0 aliphatic carbocycles. The fourth-order valence-electron chi connectivity index (χ4n) is 3.02. The number of hydrogen-bond acceptors (Lipinski definition) is 7. The van der Waals surface area contributed by atoms with Crippen molar-refractivity contribution in [2.24, 2.45) is 4.36 Å². The Morgan fingerprint density at radius 1 is 1.32 bits per heavy atom. The van der Waals surface area contributed by atoms with E-state index in [9.17, 15) is 13.4 Å². The monoisotopic (exact) mass is 464 g/mol. The van der Waals surface area contributed by atoms with Crippen molar-refractivity contribution in [1.82, 2.24) is 9.97 Å². The molecule has 8 nitrogen and oxygen atoms in total. The normalized spacial score (nSPS) is 15.7. The second kappa shape index (κ2) is 8.27. The molecule has 1 aliphatic heterocycles. The molecule has 0 spiro atoms. The van der Waals surface area contributed by atoms with E-state index in [1.165, 1.54) is 25.4 Å². The van der Waals surface area contributed by atoms with Crippen molar-refractivity contribution in [2.75, 3.05) is 16.8 Å². The van der Waals surface area contributed by atoms with Crippen LogP contribution in [0.2, 0.25) is 5.02 Å². The second-order valence-electron chi connectivity index (χ2n) is 7.03. The summed E-state index contributed by atoms with van der Waals surface area (Å²) in [6.45, 7) is 1.38. The summed E-state index contributed by atoms with van der Waals surface area (Å²) in [5.74, 6) is -0.433. The number of carbonyl (C=O) groups is 1. The number of carboxylic acids is 1. The van der Waals surface area contributed by atoms with E-state index < -0.39 is 27.6 Å². The number of aromatic nitrogens is 2. The van der Waals surface area contributed by atoms with Crippen LogP contribution in [0.5, 0.6) is 5.75 Å². The van der Waals surface area contributed by atoms with Gasteiger partial charge >= 0.3 is 5.97 Å². The molecule has 1 atom stereocenters. The van der Waals surface area contributed by atoms with E-state index in [2.05, 4.69) is 19.6 Å². The standard InChI is InChI=1S/C20H18ClFN4O4S/c1-11(20(27)28)30-17-7-12(21)3-4-15(17)25-19-18-14(22)8-13(9-16(18)23-10-24-19)26-31(29)5-2-6-31/h3-4,7-11H,2,5-6H2,1H3,(H,27,28)(H,23,24,25)/t11-/m1/s1. The van der Waals surface area contributed by atoms with Gasteiger partial charge in [-0.3, -0.25) is 0 Å². The lowest BCUT2D eigenvalue weighted by molar-refractivity contribution is -0.144. The molecule has 11 heteroatoms. The summed E-state index contributed by atoms with van der Waals surface area (Å²) in [6.07, 6.45) is 0.976. The van der Waals surface area contributed by atoms with Gasteiger partial charge in [0.15, 0.2) is 6.10 Å². The van der Waals surface area contributed by atoms with Crippen LogP contribution in [-0.2, 0) is 14.5 Å². The van der Waals surface area contributed by atoms with Crippen LogP contribution in [0.1, 0.15) is 13.3 Å². The molecular weight excluding hydrogens is 447 g/mol. The number of benzene rings is 2. The molecule has 4 rings (SSSR count). The van der Waals surface area contributed by atoms with E-state index in [4.69, 9.17) is 21.4 Å². The maximum Gasteiger partial charge on any atom is 0.344 e. The summed E-state index contributed by atoms with van der Waals surface area (Å²) in [6, 6.07) is 7.36. The zero-order valence-electron chi connectivity index (χ0n) is 16.3. The van der Waals surface area contributed by atoms with Crippen LogP contribution in [0, 0.1) is 5.82 Å². The zero-order valence-corrected chi connectivity index (χ0v) is 17.9. The highest BCUT2D eigenvalue weighted by molar-refractivity contribution is 7.95. The van der Waals surface area contributed by atoms with Gasteiger partial charge in [0.2, 0.25) is 0 Å². The van der Waals surface area contributed by atoms with Crippen LogP contribution in [0.3, 0.4) is 0 Å². The Hall–Kier alpha value is -2.98. The third-order valence-electron chi connectivity index (χ3n) is 4.72. The Morgan fingerprint density at radius 3 is 2.77 bits per heavy atom. The van der Waals surface area contributed by atoms with Gasteiger partial charge in [-0.15, -0.1) is 0 Å². The molecule has 1 saturated heterocycles. The van der Waals surface area contributed by atoms with E-state index in [1.54, 1.807) is 18.2 Å². The highest BCUT2D eigenvalue weighted by atomic mass is 35.5. The molecule has 0 unspecified atom stereocenters.